The summed E-state index contributed by atoms with van der Waals surface area (Å²) in [6.45, 7) is 7.00. The lowest BCUT2D eigenvalue weighted by atomic mass is 10.1. The first-order valence-electron chi connectivity index (χ1n) is 6.42. The van der Waals surface area contributed by atoms with Gasteiger partial charge in [-0.2, -0.15) is 0 Å². The van der Waals surface area contributed by atoms with E-state index in [1.807, 2.05) is 25.1 Å². The van der Waals surface area contributed by atoms with E-state index < -0.39 is 0 Å². The minimum atomic E-state index is 0.613. The number of rotatable bonds is 4. The van der Waals surface area contributed by atoms with Crippen LogP contribution in [0.4, 0.5) is 11.5 Å². The molecule has 1 aromatic carbocycles. The molecular formula is C16H18N2O. The van der Waals surface area contributed by atoms with Crippen molar-refractivity contribution in [2.45, 2.75) is 20.8 Å². The third-order valence-electron chi connectivity index (χ3n) is 3.19. The maximum Gasteiger partial charge on any atom is 0.151 e. The Labute approximate surface area is 113 Å². The van der Waals surface area contributed by atoms with Gasteiger partial charge < -0.3 is 4.90 Å². The fourth-order valence-corrected chi connectivity index (χ4v) is 2.24. The van der Waals surface area contributed by atoms with Gasteiger partial charge in [0, 0.05) is 24.0 Å². The van der Waals surface area contributed by atoms with Crippen LogP contribution in [0.25, 0.3) is 0 Å². The quantitative estimate of drug-likeness (QED) is 0.780. The van der Waals surface area contributed by atoms with Crippen molar-refractivity contribution in [3.8, 4) is 0 Å². The summed E-state index contributed by atoms with van der Waals surface area (Å²) >= 11 is 0. The topological polar surface area (TPSA) is 33.2 Å². The van der Waals surface area contributed by atoms with Crippen molar-refractivity contribution in [3.63, 3.8) is 0 Å². The van der Waals surface area contributed by atoms with Gasteiger partial charge in [0.05, 0.1) is 0 Å². The molecule has 19 heavy (non-hydrogen) atoms. The molecule has 0 fully saturated rings. The van der Waals surface area contributed by atoms with Crippen LogP contribution in [0.3, 0.4) is 0 Å². The molecule has 0 unspecified atom stereocenters. The molecular weight excluding hydrogens is 236 g/mol. The zero-order valence-electron chi connectivity index (χ0n) is 11.6. The van der Waals surface area contributed by atoms with Crippen molar-refractivity contribution in [2.75, 3.05) is 11.4 Å². The predicted molar refractivity (Wildman–Crippen MR) is 78.2 cm³/mol. The van der Waals surface area contributed by atoms with E-state index in [0.717, 1.165) is 29.9 Å². The van der Waals surface area contributed by atoms with E-state index in [2.05, 4.69) is 35.9 Å². The molecule has 0 saturated carbocycles. The van der Waals surface area contributed by atoms with Crippen LogP contribution < -0.4 is 4.90 Å². The number of aryl methyl sites for hydroxylation is 2. The summed E-state index contributed by atoms with van der Waals surface area (Å²) < 4.78 is 0. The lowest BCUT2D eigenvalue weighted by Gasteiger charge is -2.25. The molecule has 3 heteroatoms. The standard InChI is InChI=1S/C16H18N2O/c1-4-18(15-8-6-5-7-12(15)2)16-13(3)9-14(11-19)10-17-16/h5-11H,4H2,1-3H3. The highest BCUT2D eigenvalue weighted by Gasteiger charge is 2.13. The van der Waals surface area contributed by atoms with Crippen molar-refractivity contribution < 1.29 is 4.79 Å². The van der Waals surface area contributed by atoms with Crippen LogP contribution in [0, 0.1) is 13.8 Å². The number of hydrogen-bond donors (Lipinski definition) is 0. The summed E-state index contributed by atoms with van der Waals surface area (Å²) in [5.41, 5.74) is 3.99. The average molecular weight is 254 g/mol. The summed E-state index contributed by atoms with van der Waals surface area (Å²) in [4.78, 5) is 17.4. The number of aromatic nitrogens is 1. The summed E-state index contributed by atoms with van der Waals surface area (Å²) in [6, 6.07) is 10.1. The van der Waals surface area contributed by atoms with Gasteiger partial charge >= 0.3 is 0 Å². The van der Waals surface area contributed by atoms with Crippen LogP contribution >= 0.6 is 0 Å². The van der Waals surface area contributed by atoms with Crippen LogP contribution in [-0.2, 0) is 0 Å². The van der Waals surface area contributed by atoms with E-state index >= 15 is 0 Å². The third-order valence-corrected chi connectivity index (χ3v) is 3.19. The number of para-hydroxylation sites is 1. The largest absolute Gasteiger partial charge is 0.326 e. The van der Waals surface area contributed by atoms with Crippen LogP contribution in [0.1, 0.15) is 28.4 Å². The van der Waals surface area contributed by atoms with Crippen molar-refractivity contribution >= 4 is 17.8 Å². The fourth-order valence-electron chi connectivity index (χ4n) is 2.24. The minimum Gasteiger partial charge on any atom is -0.326 e. The monoisotopic (exact) mass is 254 g/mol. The molecule has 2 aromatic rings. The van der Waals surface area contributed by atoms with Gasteiger partial charge in [-0.1, -0.05) is 18.2 Å². The Bertz CT molecular complexity index is 593. The van der Waals surface area contributed by atoms with Gasteiger partial charge in [-0.25, -0.2) is 4.98 Å². The van der Waals surface area contributed by atoms with Gasteiger partial charge in [-0.3, -0.25) is 4.79 Å². The van der Waals surface area contributed by atoms with E-state index in [9.17, 15) is 4.79 Å². The van der Waals surface area contributed by atoms with Crippen molar-refractivity contribution in [1.29, 1.82) is 0 Å². The first-order chi connectivity index (χ1) is 9.17. The molecule has 0 aliphatic carbocycles. The van der Waals surface area contributed by atoms with Crippen LogP contribution in [0.2, 0.25) is 0 Å². The Hall–Kier alpha value is -2.16. The Morgan fingerprint density at radius 1 is 1.21 bits per heavy atom. The molecule has 0 bridgehead atoms. The number of pyridine rings is 1. The number of carbonyl (C=O) groups is 1. The molecule has 0 spiro atoms. The molecule has 2 rings (SSSR count). The first-order valence-corrected chi connectivity index (χ1v) is 6.42. The summed E-state index contributed by atoms with van der Waals surface area (Å²) in [5.74, 6) is 0.905. The lowest BCUT2D eigenvalue weighted by Crippen LogP contribution is -2.19. The second-order valence-corrected chi connectivity index (χ2v) is 4.56. The molecule has 0 saturated heterocycles. The molecule has 3 nitrogen and oxygen atoms in total. The molecule has 0 aliphatic heterocycles. The van der Waals surface area contributed by atoms with Crippen LogP contribution in [0.5, 0.6) is 0 Å². The molecule has 0 N–H and O–H groups in total. The maximum absolute atomic E-state index is 10.8. The molecule has 98 valence electrons. The number of carbonyl (C=O) groups excluding carboxylic acids is 1. The normalized spacial score (nSPS) is 10.3. The highest BCUT2D eigenvalue weighted by Crippen LogP contribution is 2.28. The van der Waals surface area contributed by atoms with Crippen molar-refractivity contribution in [2.24, 2.45) is 0 Å². The number of benzene rings is 1. The zero-order valence-corrected chi connectivity index (χ0v) is 11.6. The zero-order chi connectivity index (χ0) is 13.8. The molecule has 1 aromatic heterocycles. The fraction of sp³-hybridized carbons (Fsp3) is 0.250. The smallest absolute Gasteiger partial charge is 0.151 e. The molecule has 1 heterocycles. The van der Waals surface area contributed by atoms with Gasteiger partial charge in [0.25, 0.3) is 0 Å². The Morgan fingerprint density at radius 2 is 1.95 bits per heavy atom. The van der Waals surface area contributed by atoms with Crippen molar-refractivity contribution in [3.05, 3.63) is 53.2 Å². The highest BCUT2D eigenvalue weighted by molar-refractivity contribution is 5.76. The van der Waals surface area contributed by atoms with Gasteiger partial charge in [0.15, 0.2) is 6.29 Å². The lowest BCUT2D eigenvalue weighted by molar-refractivity contribution is 0.112. The van der Waals surface area contributed by atoms with Gasteiger partial charge in [-0.05, 0) is 44.0 Å². The maximum atomic E-state index is 10.8. The Morgan fingerprint density at radius 3 is 2.53 bits per heavy atom. The number of aldehydes is 1. The molecule has 0 atom stereocenters. The minimum absolute atomic E-state index is 0.613. The number of hydrogen-bond acceptors (Lipinski definition) is 3. The Kier molecular flexibility index (Phi) is 3.95. The third kappa shape index (κ3) is 2.65. The van der Waals surface area contributed by atoms with E-state index in [0.29, 0.717) is 5.56 Å². The molecule has 0 amide bonds. The number of anilines is 2. The summed E-state index contributed by atoms with van der Waals surface area (Å²) in [7, 11) is 0. The second-order valence-electron chi connectivity index (χ2n) is 4.56. The van der Waals surface area contributed by atoms with E-state index in [4.69, 9.17) is 0 Å². The first kappa shape index (κ1) is 13.3. The molecule has 0 aliphatic rings. The summed E-state index contributed by atoms with van der Waals surface area (Å²) in [5, 5.41) is 0. The predicted octanol–water partition coefficient (Wildman–Crippen LogP) is 3.67. The SMILES string of the molecule is CCN(c1ccccc1C)c1ncc(C=O)cc1C. The van der Waals surface area contributed by atoms with E-state index in [-0.39, 0.29) is 0 Å². The van der Waals surface area contributed by atoms with E-state index in [1.54, 1.807) is 6.20 Å². The van der Waals surface area contributed by atoms with Gasteiger partial charge in [0.2, 0.25) is 0 Å². The Balaban J connectivity index is 2.48. The highest BCUT2D eigenvalue weighted by atomic mass is 16.1. The summed E-state index contributed by atoms with van der Waals surface area (Å²) in [6.07, 6.45) is 2.45. The average Bonchev–Trinajstić information content (AvgIpc) is 2.43. The molecule has 0 radical (unpaired) electrons. The number of nitrogens with zero attached hydrogens (tertiary/aromatic N) is 2. The van der Waals surface area contributed by atoms with Crippen LogP contribution in [0.15, 0.2) is 36.5 Å². The van der Waals surface area contributed by atoms with Gasteiger partial charge in [0.1, 0.15) is 5.82 Å². The van der Waals surface area contributed by atoms with Crippen molar-refractivity contribution in [1.82, 2.24) is 4.98 Å². The second kappa shape index (κ2) is 5.65. The van der Waals surface area contributed by atoms with E-state index in [1.165, 1.54) is 5.56 Å². The van der Waals surface area contributed by atoms with Crippen LogP contribution in [-0.4, -0.2) is 17.8 Å². The van der Waals surface area contributed by atoms with Gasteiger partial charge in [-0.15, -0.1) is 0 Å².